The number of anilines is 1. The summed E-state index contributed by atoms with van der Waals surface area (Å²) in [6.07, 6.45) is 0. The number of nitrogen functional groups attached to an aromatic ring is 1. The lowest BCUT2D eigenvalue weighted by Crippen LogP contribution is -2.07. The Hall–Kier alpha value is -1.31. The third-order valence-corrected chi connectivity index (χ3v) is 1.56. The molecule has 17 heavy (non-hydrogen) atoms. The van der Waals surface area contributed by atoms with E-state index in [0.717, 1.165) is 11.4 Å². The zero-order chi connectivity index (χ0) is 13.5. The van der Waals surface area contributed by atoms with Crippen LogP contribution in [0.25, 0.3) is 0 Å². The Morgan fingerprint density at radius 1 is 1.24 bits per heavy atom. The molecule has 0 saturated carbocycles. The highest BCUT2D eigenvalue weighted by Gasteiger charge is 2.01. The van der Waals surface area contributed by atoms with Crippen molar-refractivity contribution in [1.29, 1.82) is 0 Å². The molecular formula is C8H15N2O6P. The van der Waals surface area contributed by atoms with E-state index in [4.69, 9.17) is 34.6 Å². The number of nitrogens with one attached hydrogen (secondary N) is 1. The van der Waals surface area contributed by atoms with E-state index in [1.54, 1.807) is 32.4 Å². The van der Waals surface area contributed by atoms with E-state index in [-0.39, 0.29) is 0 Å². The standard InChI is InChI=1S/C8H12N2O2.H3O4P/c1-11-6-3-4-7(10-9)8(5-6)12-2;1-5(2,3)4/h3-5,10H,9H2,1-2H3;(H3,1,2,3,4). The number of ether oxygens (including phenoxy) is 2. The summed E-state index contributed by atoms with van der Waals surface area (Å²) >= 11 is 0. The molecule has 0 spiro atoms. The van der Waals surface area contributed by atoms with E-state index in [2.05, 4.69) is 5.43 Å². The average Bonchev–Trinajstić information content (AvgIpc) is 2.25. The normalized spacial score (nSPS) is 10.0. The molecule has 0 radical (unpaired) electrons. The summed E-state index contributed by atoms with van der Waals surface area (Å²) in [4.78, 5) is 21.6. The summed E-state index contributed by atoms with van der Waals surface area (Å²) in [5.74, 6) is 6.65. The van der Waals surface area contributed by atoms with Gasteiger partial charge in [-0.2, -0.15) is 0 Å². The monoisotopic (exact) mass is 266 g/mol. The highest BCUT2D eigenvalue weighted by atomic mass is 31.2. The van der Waals surface area contributed by atoms with Gasteiger partial charge in [0.05, 0.1) is 19.9 Å². The molecular weight excluding hydrogens is 251 g/mol. The Morgan fingerprint density at radius 2 is 1.76 bits per heavy atom. The molecule has 0 bridgehead atoms. The number of hydrogen-bond donors (Lipinski definition) is 5. The Morgan fingerprint density at radius 3 is 2.12 bits per heavy atom. The fourth-order valence-corrected chi connectivity index (χ4v) is 0.918. The molecule has 0 atom stereocenters. The topological polar surface area (TPSA) is 134 Å². The van der Waals surface area contributed by atoms with Crippen molar-refractivity contribution in [3.8, 4) is 11.5 Å². The van der Waals surface area contributed by atoms with E-state index in [0.29, 0.717) is 5.75 Å². The third-order valence-electron chi connectivity index (χ3n) is 1.56. The first-order chi connectivity index (χ1) is 7.81. The van der Waals surface area contributed by atoms with Gasteiger partial charge >= 0.3 is 7.82 Å². The highest BCUT2D eigenvalue weighted by molar-refractivity contribution is 7.45. The first-order valence-electron chi connectivity index (χ1n) is 4.28. The summed E-state index contributed by atoms with van der Waals surface area (Å²) in [7, 11) is -1.46. The zero-order valence-electron chi connectivity index (χ0n) is 9.32. The van der Waals surface area contributed by atoms with Crippen LogP contribution in [-0.2, 0) is 4.57 Å². The second-order valence-electron chi connectivity index (χ2n) is 2.72. The van der Waals surface area contributed by atoms with Crippen molar-refractivity contribution in [2.75, 3.05) is 19.6 Å². The molecule has 0 aliphatic rings. The maximum Gasteiger partial charge on any atom is 0.466 e. The second kappa shape index (κ2) is 7.10. The Bertz CT molecular complexity index is 385. The molecule has 98 valence electrons. The largest absolute Gasteiger partial charge is 0.497 e. The van der Waals surface area contributed by atoms with Gasteiger partial charge in [-0.15, -0.1) is 0 Å². The molecule has 1 aromatic rings. The number of rotatable bonds is 3. The van der Waals surface area contributed by atoms with Crippen LogP contribution in [0.1, 0.15) is 0 Å². The van der Waals surface area contributed by atoms with E-state index in [1.165, 1.54) is 0 Å². The predicted octanol–water partition coefficient (Wildman–Crippen LogP) is 0.0608. The number of phosphoric acid groups is 1. The van der Waals surface area contributed by atoms with E-state index in [1.807, 2.05) is 0 Å². The van der Waals surface area contributed by atoms with Crippen molar-refractivity contribution < 1.29 is 28.7 Å². The Labute approximate surface area is 98.2 Å². The van der Waals surface area contributed by atoms with E-state index in [9.17, 15) is 0 Å². The van der Waals surface area contributed by atoms with Crippen LogP contribution in [0.5, 0.6) is 11.5 Å². The van der Waals surface area contributed by atoms with Crippen LogP contribution in [0.3, 0.4) is 0 Å². The molecule has 0 unspecified atom stereocenters. The van der Waals surface area contributed by atoms with Gasteiger partial charge in [-0.3, -0.25) is 5.84 Å². The van der Waals surface area contributed by atoms with Crippen LogP contribution in [0.15, 0.2) is 18.2 Å². The zero-order valence-corrected chi connectivity index (χ0v) is 10.2. The van der Waals surface area contributed by atoms with Crippen LogP contribution in [0.4, 0.5) is 5.69 Å². The summed E-state index contributed by atoms with van der Waals surface area (Å²) in [5.41, 5.74) is 3.25. The molecule has 0 fully saturated rings. The van der Waals surface area contributed by atoms with Gasteiger partial charge in [0.15, 0.2) is 0 Å². The van der Waals surface area contributed by atoms with Gasteiger partial charge in [-0.05, 0) is 12.1 Å². The third kappa shape index (κ3) is 7.56. The molecule has 6 N–H and O–H groups in total. The quantitative estimate of drug-likeness (QED) is 0.294. The molecule has 0 amide bonds. The van der Waals surface area contributed by atoms with Gasteiger partial charge in [-0.1, -0.05) is 0 Å². The van der Waals surface area contributed by atoms with Gasteiger partial charge < -0.3 is 29.6 Å². The number of nitrogens with two attached hydrogens (primary N) is 1. The van der Waals surface area contributed by atoms with Gasteiger partial charge in [0.2, 0.25) is 0 Å². The summed E-state index contributed by atoms with van der Waals surface area (Å²) in [6.45, 7) is 0. The molecule has 0 aromatic heterocycles. The second-order valence-corrected chi connectivity index (χ2v) is 3.75. The van der Waals surface area contributed by atoms with Crippen LogP contribution in [-0.4, -0.2) is 28.9 Å². The lowest BCUT2D eigenvalue weighted by atomic mass is 10.3. The fourth-order valence-electron chi connectivity index (χ4n) is 0.918. The SMILES string of the molecule is COc1ccc(NN)c(OC)c1.O=P(O)(O)O. The Kier molecular flexibility index (Phi) is 6.55. The molecule has 0 heterocycles. The maximum absolute atomic E-state index is 8.88. The minimum Gasteiger partial charge on any atom is -0.497 e. The fraction of sp³-hybridized carbons (Fsp3) is 0.250. The molecule has 9 heteroatoms. The first-order valence-corrected chi connectivity index (χ1v) is 5.85. The molecule has 0 saturated heterocycles. The minimum atomic E-state index is -4.64. The number of hydrazine groups is 1. The predicted molar refractivity (Wildman–Crippen MR) is 61.6 cm³/mol. The minimum absolute atomic E-state index is 0.664. The smallest absolute Gasteiger partial charge is 0.466 e. The van der Waals surface area contributed by atoms with Gasteiger partial charge in [-0.25, -0.2) is 4.57 Å². The van der Waals surface area contributed by atoms with Crippen molar-refractivity contribution >= 4 is 13.5 Å². The van der Waals surface area contributed by atoms with Gasteiger partial charge in [0, 0.05) is 6.07 Å². The van der Waals surface area contributed by atoms with Crippen LogP contribution in [0, 0.1) is 0 Å². The molecule has 8 nitrogen and oxygen atoms in total. The molecule has 1 rings (SSSR count). The van der Waals surface area contributed by atoms with Gasteiger partial charge in [0.25, 0.3) is 0 Å². The van der Waals surface area contributed by atoms with Crippen molar-refractivity contribution in [1.82, 2.24) is 0 Å². The molecule has 0 aliphatic heterocycles. The number of hydrogen-bond acceptors (Lipinski definition) is 5. The van der Waals surface area contributed by atoms with Crippen LogP contribution < -0.4 is 20.7 Å². The molecule has 1 aromatic carbocycles. The summed E-state index contributed by atoms with van der Waals surface area (Å²) in [5, 5.41) is 0. The van der Waals surface area contributed by atoms with E-state index < -0.39 is 7.82 Å². The lowest BCUT2D eigenvalue weighted by molar-refractivity contribution is 0.275. The van der Waals surface area contributed by atoms with Crippen LogP contribution in [0.2, 0.25) is 0 Å². The first kappa shape index (κ1) is 15.7. The van der Waals surface area contributed by atoms with Crippen molar-refractivity contribution in [3.05, 3.63) is 18.2 Å². The van der Waals surface area contributed by atoms with E-state index >= 15 is 0 Å². The molecule has 0 aliphatic carbocycles. The number of benzene rings is 1. The summed E-state index contributed by atoms with van der Waals surface area (Å²) in [6, 6.07) is 5.35. The summed E-state index contributed by atoms with van der Waals surface area (Å²) < 4.78 is 18.9. The lowest BCUT2D eigenvalue weighted by Gasteiger charge is -2.08. The van der Waals surface area contributed by atoms with Crippen LogP contribution >= 0.6 is 7.82 Å². The highest BCUT2D eigenvalue weighted by Crippen LogP contribution is 2.27. The number of methoxy groups -OCH3 is 2. The van der Waals surface area contributed by atoms with Crippen molar-refractivity contribution in [2.45, 2.75) is 0 Å². The van der Waals surface area contributed by atoms with Gasteiger partial charge in [0.1, 0.15) is 11.5 Å². The maximum atomic E-state index is 8.88. The Balaban J connectivity index is 0.000000437. The van der Waals surface area contributed by atoms with Crippen molar-refractivity contribution in [3.63, 3.8) is 0 Å². The average molecular weight is 266 g/mol. The van der Waals surface area contributed by atoms with Crippen molar-refractivity contribution in [2.24, 2.45) is 5.84 Å².